The molecule has 0 unspecified atom stereocenters. The Morgan fingerprint density at radius 2 is 1.87 bits per heavy atom. The van der Waals surface area contributed by atoms with Gasteiger partial charge in [0.1, 0.15) is 5.82 Å². The van der Waals surface area contributed by atoms with Crippen LogP contribution in [0.4, 0.5) is 4.39 Å². The summed E-state index contributed by atoms with van der Waals surface area (Å²) in [6.45, 7) is 0.664. The second-order valence-electron chi connectivity index (χ2n) is 3.95. The van der Waals surface area contributed by atoms with Crippen LogP contribution in [0.25, 0.3) is 0 Å². The molecule has 0 radical (unpaired) electrons. The molecular formula is C12H17ClFN. The Bertz CT molecular complexity index is 297. The molecule has 0 heterocycles. The zero-order valence-corrected chi connectivity index (χ0v) is 9.52. The van der Waals surface area contributed by atoms with Crippen molar-refractivity contribution in [1.82, 2.24) is 5.32 Å². The molecule has 3 heteroatoms. The Balaban J connectivity index is 0.00000112. The maximum atomic E-state index is 13.2. The van der Waals surface area contributed by atoms with Gasteiger partial charge in [-0.1, -0.05) is 31.0 Å². The molecule has 1 N–H and O–H groups in total. The summed E-state index contributed by atoms with van der Waals surface area (Å²) in [6, 6.07) is 7.58. The van der Waals surface area contributed by atoms with Crippen LogP contribution in [0.2, 0.25) is 0 Å². The highest BCUT2D eigenvalue weighted by molar-refractivity contribution is 5.85. The van der Waals surface area contributed by atoms with Crippen LogP contribution < -0.4 is 5.32 Å². The summed E-state index contributed by atoms with van der Waals surface area (Å²) in [7, 11) is 0. The van der Waals surface area contributed by atoms with Gasteiger partial charge in [0.15, 0.2) is 0 Å². The first-order valence-electron chi connectivity index (χ1n) is 5.33. The van der Waals surface area contributed by atoms with Gasteiger partial charge in [-0.3, -0.25) is 0 Å². The Morgan fingerprint density at radius 1 is 1.20 bits per heavy atom. The fourth-order valence-electron chi connectivity index (χ4n) is 2.03. The van der Waals surface area contributed by atoms with Crippen LogP contribution in [0, 0.1) is 5.82 Å². The number of benzene rings is 1. The third-order valence-corrected chi connectivity index (χ3v) is 2.89. The monoisotopic (exact) mass is 229 g/mol. The predicted molar refractivity (Wildman–Crippen MR) is 62.7 cm³/mol. The maximum Gasteiger partial charge on any atom is 0.127 e. The van der Waals surface area contributed by atoms with E-state index in [2.05, 4.69) is 5.32 Å². The van der Waals surface area contributed by atoms with Crippen LogP contribution in [0.3, 0.4) is 0 Å². The van der Waals surface area contributed by atoms with Gasteiger partial charge >= 0.3 is 0 Å². The summed E-state index contributed by atoms with van der Waals surface area (Å²) >= 11 is 0. The van der Waals surface area contributed by atoms with Crippen molar-refractivity contribution in [3.63, 3.8) is 0 Å². The van der Waals surface area contributed by atoms with Gasteiger partial charge in [0.05, 0.1) is 0 Å². The van der Waals surface area contributed by atoms with Crippen LogP contribution in [0.15, 0.2) is 24.3 Å². The molecule has 1 aliphatic carbocycles. The molecule has 1 aliphatic rings. The van der Waals surface area contributed by atoms with Crippen molar-refractivity contribution in [2.45, 2.75) is 38.3 Å². The van der Waals surface area contributed by atoms with Crippen molar-refractivity contribution in [2.75, 3.05) is 0 Å². The number of halogens is 2. The van der Waals surface area contributed by atoms with Crippen LogP contribution >= 0.6 is 12.4 Å². The highest BCUT2D eigenvalue weighted by Crippen LogP contribution is 2.18. The van der Waals surface area contributed by atoms with Gasteiger partial charge in [0.25, 0.3) is 0 Å². The summed E-state index contributed by atoms with van der Waals surface area (Å²) in [5.41, 5.74) is 0.777. The zero-order chi connectivity index (χ0) is 9.80. The van der Waals surface area contributed by atoms with Crippen molar-refractivity contribution in [3.05, 3.63) is 35.6 Å². The summed E-state index contributed by atoms with van der Waals surface area (Å²) in [6.07, 6.45) is 5.12. The molecule has 0 aromatic heterocycles. The van der Waals surface area contributed by atoms with Crippen molar-refractivity contribution < 1.29 is 4.39 Å². The van der Waals surface area contributed by atoms with Crippen molar-refractivity contribution in [1.29, 1.82) is 0 Å². The van der Waals surface area contributed by atoms with Crippen LogP contribution in [0.1, 0.15) is 31.2 Å². The largest absolute Gasteiger partial charge is 0.310 e. The second-order valence-corrected chi connectivity index (χ2v) is 3.95. The average molecular weight is 230 g/mol. The van der Waals surface area contributed by atoms with E-state index in [1.807, 2.05) is 12.1 Å². The van der Waals surface area contributed by atoms with Crippen LogP contribution in [-0.4, -0.2) is 6.04 Å². The fraction of sp³-hybridized carbons (Fsp3) is 0.500. The topological polar surface area (TPSA) is 12.0 Å². The third kappa shape index (κ3) is 3.47. The highest BCUT2D eigenvalue weighted by Gasteiger charge is 2.14. The smallest absolute Gasteiger partial charge is 0.127 e. The van der Waals surface area contributed by atoms with Crippen LogP contribution in [0.5, 0.6) is 0 Å². The minimum absolute atomic E-state index is 0. The lowest BCUT2D eigenvalue weighted by Crippen LogP contribution is -2.25. The first kappa shape index (κ1) is 12.5. The molecule has 1 aromatic carbocycles. The maximum absolute atomic E-state index is 13.2. The van der Waals surface area contributed by atoms with E-state index in [-0.39, 0.29) is 18.2 Å². The first-order valence-corrected chi connectivity index (χ1v) is 5.33. The number of rotatable bonds is 3. The molecule has 0 bridgehead atoms. The molecule has 1 aromatic rings. The molecule has 0 atom stereocenters. The average Bonchev–Trinajstić information content (AvgIpc) is 2.69. The lowest BCUT2D eigenvalue weighted by molar-refractivity contribution is 0.509. The lowest BCUT2D eigenvalue weighted by Gasteiger charge is -2.11. The molecular weight excluding hydrogens is 213 g/mol. The van der Waals surface area contributed by atoms with Crippen molar-refractivity contribution in [3.8, 4) is 0 Å². The molecule has 0 saturated heterocycles. The first-order chi connectivity index (χ1) is 6.86. The predicted octanol–water partition coefficient (Wildman–Crippen LogP) is 3.28. The van der Waals surface area contributed by atoms with E-state index < -0.39 is 0 Å². The highest BCUT2D eigenvalue weighted by atomic mass is 35.5. The quantitative estimate of drug-likeness (QED) is 0.839. The summed E-state index contributed by atoms with van der Waals surface area (Å²) in [4.78, 5) is 0. The Labute approximate surface area is 96.5 Å². The van der Waals surface area contributed by atoms with Gasteiger partial charge in [-0.2, -0.15) is 0 Å². The van der Waals surface area contributed by atoms with E-state index in [4.69, 9.17) is 0 Å². The van der Waals surface area contributed by atoms with Gasteiger partial charge in [-0.25, -0.2) is 4.39 Å². The molecule has 2 rings (SSSR count). The van der Waals surface area contributed by atoms with E-state index in [9.17, 15) is 4.39 Å². The van der Waals surface area contributed by atoms with E-state index in [0.717, 1.165) is 5.56 Å². The van der Waals surface area contributed by atoms with E-state index in [0.29, 0.717) is 12.6 Å². The molecule has 15 heavy (non-hydrogen) atoms. The number of nitrogens with one attached hydrogen (secondary N) is 1. The SMILES string of the molecule is Cl.Fc1ccccc1CNC1CCCC1. The van der Waals surface area contributed by atoms with Gasteiger partial charge in [0.2, 0.25) is 0 Å². The zero-order valence-electron chi connectivity index (χ0n) is 8.71. The Hall–Kier alpha value is -0.600. The summed E-state index contributed by atoms with van der Waals surface area (Å²) in [5.74, 6) is -0.0991. The molecule has 0 aliphatic heterocycles. The summed E-state index contributed by atoms with van der Waals surface area (Å²) in [5, 5.41) is 3.40. The fourth-order valence-corrected chi connectivity index (χ4v) is 2.03. The lowest BCUT2D eigenvalue weighted by atomic mass is 10.2. The molecule has 84 valence electrons. The normalized spacial score (nSPS) is 16.3. The van der Waals surface area contributed by atoms with Gasteiger partial charge < -0.3 is 5.32 Å². The minimum atomic E-state index is -0.0991. The van der Waals surface area contributed by atoms with E-state index in [1.165, 1.54) is 31.7 Å². The van der Waals surface area contributed by atoms with Gasteiger partial charge in [0, 0.05) is 18.2 Å². The van der Waals surface area contributed by atoms with Gasteiger partial charge in [-0.15, -0.1) is 12.4 Å². The molecule has 1 saturated carbocycles. The standard InChI is InChI=1S/C12H16FN.ClH/c13-12-8-4-1-5-10(12)9-14-11-6-2-3-7-11;/h1,4-5,8,11,14H,2-3,6-7,9H2;1H. The summed E-state index contributed by atoms with van der Waals surface area (Å²) < 4.78 is 13.2. The Morgan fingerprint density at radius 3 is 2.53 bits per heavy atom. The van der Waals surface area contributed by atoms with E-state index >= 15 is 0 Å². The second kappa shape index (κ2) is 6.09. The molecule has 1 fully saturated rings. The number of hydrogen-bond acceptors (Lipinski definition) is 1. The molecule has 0 amide bonds. The molecule has 0 spiro atoms. The molecule has 1 nitrogen and oxygen atoms in total. The van der Waals surface area contributed by atoms with Gasteiger partial charge in [-0.05, 0) is 18.9 Å². The van der Waals surface area contributed by atoms with Crippen molar-refractivity contribution in [2.24, 2.45) is 0 Å². The minimum Gasteiger partial charge on any atom is -0.310 e. The van der Waals surface area contributed by atoms with Crippen molar-refractivity contribution >= 4 is 12.4 Å². The third-order valence-electron chi connectivity index (χ3n) is 2.89. The van der Waals surface area contributed by atoms with E-state index in [1.54, 1.807) is 6.07 Å². The number of hydrogen-bond donors (Lipinski definition) is 1. The Kier molecular flexibility index (Phi) is 5.06. The van der Waals surface area contributed by atoms with Crippen LogP contribution in [-0.2, 0) is 6.54 Å².